The van der Waals surface area contributed by atoms with Gasteiger partial charge in [-0.25, -0.2) is 4.98 Å². The molecule has 0 bridgehead atoms. The minimum absolute atomic E-state index is 0.0220. The van der Waals surface area contributed by atoms with Gasteiger partial charge in [-0.2, -0.15) is 16.9 Å². The van der Waals surface area contributed by atoms with E-state index in [0.717, 1.165) is 28.5 Å². The second-order valence-corrected chi connectivity index (χ2v) is 4.66. The van der Waals surface area contributed by atoms with Gasteiger partial charge in [0.1, 0.15) is 5.69 Å². The molecule has 3 rings (SSSR count). The molecule has 0 aliphatic carbocycles. The van der Waals surface area contributed by atoms with Crippen LogP contribution in [0.1, 0.15) is 11.3 Å². The molecule has 6 heteroatoms. The molecule has 3 heterocycles. The van der Waals surface area contributed by atoms with Crippen molar-refractivity contribution in [3.8, 4) is 11.5 Å². The number of fused-ring (bicyclic) bond motifs is 1. The number of rotatable bonds is 1. The molecule has 16 heavy (non-hydrogen) atoms. The summed E-state index contributed by atoms with van der Waals surface area (Å²) in [6.07, 6.45) is 1.69. The molecule has 0 spiro atoms. The molecule has 82 valence electrons. The van der Waals surface area contributed by atoms with Crippen molar-refractivity contribution >= 4 is 11.8 Å². The van der Waals surface area contributed by atoms with Crippen LogP contribution in [-0.2, 0) is 18.6 Å². The number of H-pyrrole nitrogens is 1. The van der Waals surface area contributed by atoms with Gasteiger partial charge < -0.3 is 4.98 Å². The Balaban J connectivity index is 2.21. The van der Waals surface area contributed by atoms with E-state index in [4.69, 9.17) is 0 Å². The molecule has 2 aromatic heterocycles. The summed E-state index contributed by atoms with van der Waals surface area (Å²) in [6, 6.07) is 1.84. The maximum absolute atomic E-state index is 11.8. The molecule has 2 aromatic rings. The predicted molar refractivity (Wildman–Crippen MR) is 62.1 cm³/mol. The van der Waals surface area contributed by atoms with Gasteiger partial charge in [-0.05, 0) is 6.07 Å². The summed E-state index contributed by atoms with van der Waals surface area (Å²) in [5, 5.41) is 4.07. The number of nitrogens with zero attached hydrogens (tertiary/aromatic N) is 3. The Hall–Kier alpha value is -1.56. The van der Waals surface area contributed by atoms with Crippen molar-refractivity contribution in [3.63, 3.8) is 0 Å². The molecule has 0 fully saturated rings. The first kappa shape index (κ1) is 9.65. The maximum Gasteiger partial charge on any atom is 0.255 e. The number of aromatic amines is 1. The zero-order valence-electron chi connectivity index (χ0n) is 8.73. The average molecular weight is 234 g/mol. The molecule has 0 atom stereocenters. The quantitative estimate of drug-likeness (QED) is 0.797. The number of hydrogen-bond acceptors (Lipinski definition) is 4. The van der Waals surface area contributed by atoms with Gasteiger partial charge in [0, 0.05) is 30.3 Å². The van der Waals surface area contributed by atoms with Crippen molar-refractivity contribution in [2.75, 3.05) is 0 Å². The molecule has 0 amide bonds. The summed E-state index contributed by atoms with van der Waals surface area (Å²) in [4.78, 5) is 19.1. The first-order chi connectivity index (χ1) is 7.75. The zero-order valence-corrected chi connectivity index (χ0v) is 9.54. The van der Waals surface area contributed by atoms with Crippen LogP contribution in [0, 0.1) is 0 Å². The van der Waals surface area contributed by atoms with Crippen LogP contribution in [0.15, 0.2) is 17.1 Å². The van der Waals surface area contributed by atoms with E-state index in [0.29, 0.717) is 5.82 Å². The Kier molecular flexibility index (Phi) is 2.10. The van der Waals surface area contributed by atoms with Gasteiger partial charge >= 0.3 is 0 Å². The van der Waals surface area contributed by atoms with Crippen molar-refractivity contribution in [1.82, 2.24) is 19.7 Å². The summed E-state index contributed by atoms with van der Waals surface area (Å²) >= 11 is 1.72. The maximum atomic E-state index is 11.8. The van der Waals surface area contributed by atoms with Crippen LogP contribution in [0.5, 0.6) is 0 Å². The van der Waals surface area contributed by atoms with Crippen molar-refractivity contribution in [2.24, 2.45) is 7.05 Å². The highest BCUT2D eigenvalue weighted by Gasteiger charge is 2.18. The second kappa shape index (κ2) is 3.48. The van der Waals surface area contributed by atoms with Crippen LogP contribution >= 0.6 is 11.8 Å². The first-order valence-electron chi connectivity index (χ1n) is 4.94. The van der Waals surface area contributed by atoms with E-state index in [2.05, 4.69) is 15.1 Å². The largest absolute Gasteiger partial charge is 0.305 e. The summed E-state index contributed by atoms with van der Waals surface area (Å²) in [5.74, 6) is 2.19. The van der Waals surface area contributed by atoms with Crippen LogP contribution in [0.3, 0.4) is 0 Å². The molecular formula is C10H10N4OS. The number of nitrogens with one attached hydrogen (secondary N) is 1. The lowest BCUT2D eigenvalue weighted by atomic mass is 10.2. The molecule has 0 unspecified atom stereocenters. The van der Waals surface area contributed by atoms with Crippen LogP contribution in [0.2, 0.25) is 0 Å². The standard InChI is InChI=1S/C10H10N4OS/c1-14-8(2-3-11-14)9-12-7-5-16-4-6(7)10(15)13-9/h2-3H,4-5H2,1H3,(H,12,13,15). The lowest BCUT2D eigenvalue weighted by Crippen LogP contribution is -2.16. The Morgan fingerprint density at radius 3 is 3.12 bits per heavy atom. The van der Waals surface area contributed by atoms with Gasteiger partial charge in [-0.3, -0.25) is 9.48 Å². The number of aryl methyl sites for hydroxylation is 1. The Morgan fingerprint density at radius 1 is 1.50 bits per heavy atom. The van der Waals surface area contributed by atoms with Gasteiger partial charge in [0.2, 0.25) is 0 Å². The lowest BCUT2D eigenvalue weighted by molar-refractivity contribution is 0.768. The van der Waals surface area contributed by atoms with Crippen molar-refractivity contribution in [3.05, 3.63) is 33.9 Å². The van der Waals surface area contributed by atoms with E-state index in [-0.39, 0.29) is 5.56 Å². The summed E-state index contributed by atoms with van der Waals surface area (Å²) < 4.78 is 1.70. The third-order valence-corrected chi connectivity index (χ3v) is 3.62. The normalized spacial score (nSPS) is 14.1. The lowest BCUT2D eigenvalue weighted by Gasteiger charge is -2.03. The Bertz CT molecular complexity index is 601. The fraction of sp³-hybridized carbons (Fsp3) is 0.300. The summed E-state index contributed by atoms with van der Waals surface area (Å²) in [7, 11) is 1.83. The zero-order chi connectivity index (χ0) is 11.1. The van der Waals surface area contributed by atoms with Crippen molar-refractivity contribution < 1.29 is 0 Å². The highest BCUT2D eigenvalue weighted by atomic mass is 32.2. The van der Waals surface area contributed by atoms with Crippen LogP contribution in [0.4, 0.5) is 0 Å². The SMILES string of the molecule is Cn1nccc1-c1nc2c(c(=O)[nH]1)CSC2. The number of thioether (sulfide) groups is 1. The first-order valence-corrected chi connectivity index (χ1v) is 6.09. The Labute approximate surface area is 95.9 Å². The van der Waals surface area contributed by atoms with E-state index < -0.39 is 0 Å². The van der Waals surface area contributed by atoms with E-state index in [9.17, 15) is 4.79 Å². The van der Waals surface area contributed by atoms with E-state index >= 15 is 0 Å². The highest BCUT2D eigenvalue weighted by molar-refractivity contribution is 7.98. The molecule has 1 aliphatic rings. The van der Waals surface area contributed by atoms with Gasteiger partial charge in [0.15, 0.2) is 5.82 Å². The number of aromatic nitrogens is 4. The third kappa shape index (κ3) is 1.37. The smallest absolute Gasteiger partial charge is 0.255 e. The third-order valence-electron chi connectivity index (χ3n) is 2.65. The topological polar surface area (TPSA) is 63.6 Å². The van der Waals surface area contributed by atoms with Gasteiger partial charge in [0.05, 0.1) is 5.69 Å². The van der Waals surface area contributed by atoms with E-state index in [1.807, 2.05) is 13.1 Å². The van der Waals surface area contributed by atoms with Gasteiger partial charge in [-0.1, -0.05) is 0 Å². The summed E-state index contributed by atoms with van der Waals surface area (Å²) in [5.41, 5.74) is 2.53. The van der Waals surface area contributed by atoms with Crippen molar-refractivity contribution in [1.29, 1.82) is 0 Å². The molecule has 0 aromatic carbocycles. The van der Waals surface area contributed by atoms with Gasteiger partial charge in [0.25, 0.3) is 5.56 Å². The minimum Gasteiger partial charge on any atom is -0.305 e. The van der Waals surface area contributed by atoms with Crippen LogP contribution in [-0.4, -0.2) is 19.7 Å². The Morgan fingerprint density at radius 2 is 2.38 bits per heavy atom. The highest BCUT2D eigenvalue weighted by Crippen LogP contribution is 2.26. The van der Waals surface area contributed by atoms with Crippen LogP contribution < -0.4 is 5.56 Å². The predicted octanol–water partition coefficient (Wildman–Crippen LogP) is 0.917. The van der Waals surface area contributed by atoms with Gasteiger partial charge in [-0.15, -0.1) is 0 Å². The molecule has 0 saturated heterocycles. The van der Waals surface area contributed by atoms with Crippen LogP contribution in [0.25, 0.3) is 11.5 Å². The van der Waals surface area contributed by atoms with E-state index in [1.54, 1.807) is 22.6 Å². The van der Waals surface area contributed by atoms with Crippen molar-refractivity contribution in [2.45, 2.75) is 11.5 Å². The molecule has 5 nitrogen and oxygen atoms in total. The fourth-order valence-corrected chi connectivity index (χ4v) is 2.83. The number of hydrogen-bond donors (Lipinski definition) is 1. The molecule has 1 N–H and O–H groups in total. The fourth-order valence-electron chi connectivity index (χ4n) is 1.79. The molecule has 0 saturated carbocycles. The second-order valence-electron chi connectivity index (χ2n) is 3.67. The molecule has 1 aliphatic heterocycles. The monoisotopic (exact) mass is 234 g/mol. The van der Waals surface area contributed by atoms with E-state index in [1.165, 1.54) is 0 Å². The molecular weight excluding hydrogens is 224 g/mol. The average Bonchev–Trinajstić information content (AvgIpc) is 2.85. The minimum atomic E-state index is -0.0220. The summed E-state index contributed by atoms with van der Waals surface area (Å²) in [6.45, 7) is 0. The molecule has 0 radical (unpaired) electrons.